The molecular formula is C17H31NS. The molecule has 0 aromatic carbocycles. The molecule has 2 heteroatoms. The molecule has 3 fully saturated rings. The zero-order valence-corrected chi connectivity index (χ0v) is 13.4. The molecule has 5 unspecified atom stereocenters. The predicted octanol–water partition coefficient (Wildman–Crippen LogP) is 4.61. The van der Waals surface area contributed by atoms with Crippen LogP contribution >= 0.6 is 11.8 Å². The third-order valence-corrected chi connectivity index (χ3v) is 7.15. The summed E-state index contributed by atoms with van der Waals surface area (Å²) in [6.07, 6.45) is 14.9. The molecule has 0 saturated heterocycles. The average molecular weight is 282 g/mol. The molecular weight excluding hydrogens is 250 g/mol. The summed E-state index contributed by atoms with van der Waals surface area (Å²) in [5, 5.41) is 4.98. The molecule has 0 aromatic rings. The van der Waals surface area contributed by atoms with Gasteiger partial charge < -0.3 is 5.32 Å². The molecule has 0 bridgehead atoms. The molecule has 0 radical (unpaired) electrons. The molecule has 19 heavy (non-hydrogen) atoms. The minimum atomic E-state index is 0.829. The fraction of sp³-hybridized carbons (Fsp3) is 1.00. The van der Waals surface area contributed by atoms with Crippen LogP contribution < -0.4 is 5.32 Å². The Morgan fingerprint density at radius 2 is 1.74 bits per heavy atom. The highest BCUT2D eigenvalue weighted by molar-refractivity contribution is 7.99. The molecule has 3 aliphatic rings. The Morgan fingerprint density at radius 1 is 0.895 bits per heavy atom. The second-order valence-electron chi connectivity index (χ2n) is 7.01. The first-order valence-corrected chi connectivity index (χ1v) is 9.79. The van der Waals surface area contributed by atoms with E-state index in [-0.39, 0.29) is 0 Å². The van der Waals surface area contributed by atoms with Gasteiger partial charge in [0.05, 0.1) is 0 Å². The van der Waals surface area contributed by atoms with Gasteiger partial charge in [-0.2, -0.15) is 11.8 Å². The average Bonchev–Trinajstić information content (AvgIpc) is 2.86. The standard InChI is InChI=1S/C17H31NS/c1-2-19-17-9-5-8-16(17)18-15-11-10-13-6-3-4-7-14(13)12-15/h13-18H,2-12H2,1H3. The number of fused-ring (bicyclic) bond motifs is 1. The highest BCUT2D eigenvalue weighted by Crippen LogP contribution is 2.41. The van der Waals surface area contributed by atoms with Crippen LogP contribution in [-0.4, -0.2) is 23.1 Å². The van der Waals surface area contributed by atoms with E-state index in [0.717, 1.165) is 29.2 Å². The topological polar surface area (TPSA) is 12.0 Å². The number of hydrogen-bond donors (Lipinski definition) is 1. The zero-order chi connectivity index (χ0) is 13.1. The summed E-state index contributed by atoms with van der Waals surface area (Å²) in [5.41, 5.74) is 0. The Kier molecular flexibility index (Phi) is 5.14. The highest BCUT2D eigenvalue weighted by atomic mass is 32.2. The van der Waals surface area contributed by atoms with Crippen LogP contribution in [0.3, 0.4) is 0 Å². The Labute approximate surface area is 123 Å². The van der Waals surface area contributed by atoms with Crippen molar-refractivity contribution in [3.63, 3.8) is 0 Å². The minimum absolute atomic E-state index is 0.829. The van der Waals surface area contributed by atoms with Gasteiger partial charge in [-0.15, -0.1) is 0 Å². The Hall–Kier alpha value is 0.310. The SMILES string of the molecule is CCSC1CCCC1NC1CCC2CCCCC2C1. The lowest BCUT2D eigenvalue weighted by Crippen LogP contribution is -2.45. The molecule has 3 aliphatic carbocycles. The first-order chi connectivity index (χ1) is 9.36. The van der Waals surface area contributed by atoms with Crippen LogP contribution in [0.2, 0.25) is 0 Å². The van der Waals surface area contributed by atoms with E-state index < -0.39 is 0 Å². The summed E-state index contributed by atoms with van der Waals surface area (Å²) in [6, 6.07) is 1.68. The van der Waals surface area contributed by atoms with Gasteiger partial charge in [0.1, 0.15) is 0 Å². The van der Waals surface area contributed by atoms with Crippen LogP contribution in [0.4, 0.5) is 0 Å². The second kappa shape index (κ2) is 6.85. The lowest BCUT2D eigenvalue weighted by atomic mass is 9.69. The van der Waals surface area contributed by atoms with Crippen molar-refractivity contribution < 1.29 is 0 Å². The van der Waals surface area contributed by atoms with Gasteiger partial charge >= 0.3 is 0 Å². The van der Waals surface area contributed by atoms with Crippen molar-refractivity contribution in [1.82, 2.24) is 5.32 Å². The number of hydrogen-bond acceptors (Lipinski definition) is 2. The van der Waals surface area contributed by atoms with Crippen molar-refractivity contribution in [3.05, 3.63) is 0 Å². The maximum atomic E-state index is 4.06. The molecule has 0 aliphatic heterocycles. The number of rotatable bonds is 4. The van der Waals surface area contributed by atoms with Gasteiger partial charge in [0.2, 0.25) is 0 Å². The summed E-state index contributed by atoms with van der Waals surface area (Å²) in [5.74, 6) is 3.45. The lowest BCUT2D eigenvalue weighted by Gasteiger charge is -2.41. The van der Waals surface area contributed by atoms with E-state index in [4.69, 9.17) is 0 Å². The first-order valence-electron chi connectivity index (χ1n) is 8.74. The molecule has 0 aromatic heterocycles. The lowest BCUT2D eigenvalue weighted by molar-refractivity contribution is 0.139. The van der Waals surface area contributed by atoms with Crippen molar-refractivity contribution in [1.29, 1.82) is 0 Å². The Bertz CT molecular complexity index is 280. The fourth-order valence-corrected chi connectivity index (χ4v) is 6.07. The Morgan fingerprint density at radius 3 is 2.58 bits per heavy atom. The van der Waals surface area contributed by atoms with E-state index in [1.807, 2.05) is 0 Å². The third-order valence-electron chi connectivity index (χ3n) is 5.82. The third kappa shape index (κ3) is 3.50. The van der Waals surface area contributed by atoms with Crippen molar-refractivity contribution in [2.24, 2.45) is 11.8 Å². The van der Waals surface area contributed by atoms with Gasteiger partial charge in [-0.05, 0) is 49.7 Å². The van der Waals surface area contributed by atoms with Crippen LogP contribution in [0.5, 0.6) is 0 Å². The number of thioether (sulfide) groups is 1. The molecule has 1 N–H and O–H groups in total. The predicted molar refractivity (Wildman–Crippen MR) is 85.8 cm³/mol. The van der Waals surface area contributed by atoms with E-state index in [1.54, 1.807) is 0 Å². The summed E-state index contributed by atoms with van der Waals surface area (Å²) in [6.45, 7) is 2.31. The van der Waals surface area contributed by atoms with Crippen LogP contribution in [-0.2, 0) is 0 Å². The smallest absolute Gasteiger partial charge is 0.0201 e. The number of nitrogens with one attached hydrogen (secondary N) is 1. The molecule has 0 heterocycles. The van der Waals surface area contributed by atoms with Crippen molar-refractivity contribution in [2.45, 2.75) is 88.5 Å². The minimum Gasteiger partial charge on any atom is -0.310 e. The normalized spacial score (nSPS) is 43.1. The van der Waals surface area contributed by atoms with Crippen molar-refractivity contribution in [3.8, 4) is 0 Å². The van der Waals surface area contributed by atoms with Crippen molar-refractivity contribution in [2.75, 3.05) is 5.75 Å². The van der Waals surface area contributed by atoms with Crippen LogP contribution in [0.15, 0.2) is 0 Å². The summed E-state index contributed by atoms with van der Waals surface area (Å²) >= 11 is 2.20. The molecule has 0 amide bonds. The summed E-state index contributed by atoms with van der Waals surface area (Å²) in [4.78, 5) is 0. The highest BCUT2D eigenvalue weighted by Gasteiger charge is 2.35. The molecule has 3 saturated carbocycles. The quantitative estimate of drug-likeness (QED) is 0.807. The van der Waals surface area contributed by atoms with Gasteiger partial charge in [0.25, 0.3) is 0 Å². The molecule has 110 valence electrons. The molecule has 3 rings (SSSR count). The van der Waals surface area contributed by atoms with Crippen LogP contribution in [0.1, 0.15) is 71.1 Å². The Balaban J connectivity index is 1.50. The van der Waals surface area contributed by atoms with Crippen molar-refractivity contribution >= 4 is 11.8 Å². The maximum absolute atomic E-state index is 4.06. The van der Waals surface area contributed by atoms with Gasteiger partial charge in [-0.1, -0.05) is 39.0 Å². The van der Waals surface area contributed by atoms with Gasteiger partial charge in [-0.25, -0.2) is 0 Å². The monoisotopic (exact) mass is 281 g/mol. The first kappa shape index (κ1) is 14.3. The largest absolute Gasteiger partial charge is 0.310 e. The summed E-state index contributed by atoms with van der Waals surface area (Å²) in [7, 11) is 0. The second-order valence-corrected chi connectivity index (χ2v) is 8.53. The maximum Gasteiger partial charge on any atom is 0.0201 e. The molecule has 5 atom stereocenters. The van der Waals surface area contributed by atoms with Crippen LogP contribution in [0, 0.1) is 11.8 Å². The molecule has 0 spiro atoms. The van der Waals surface area contributed by atoms with E-state index in [0.29, 0.717) is 0 Å². The van der Waals surface area contributed by atoms with Gasteiger partial charge in [-0.3, -0.25) is 0 Å². The fourth-order valence-electron chi connectivity index (χ4n) is 4.86. The van der Waals surface area contributed by atoms with Gasteiger partial charge in [0.15, 0.2) is 0 Å². The van der Waals surface area contributed by atoms with E-state index >= 15 is 0 Å². The van der Waals surface area contributed by atoms with E-state index in [9.17, 15) is 0 Å². The summed E-state index contributed by atoms with van der Waals surface area (Å²) < 4.78 is 0. The van der Waals surface area contributed by atoms with E-state index in [2.05, 4.69) is 24.0 Å². The van der Waals surface area contributed by atoms with Crippen LogP contribution in [0.25, 0.3) is 0 Å². The molecule has 1 nitrogen and oxygen atoms in total. The van der Waals surface area contributed by atoms with E-state index in [1.165, 1.54) is 70.0 Å². The van der Waals surface area contributed by atoms with Gasteiger partial charge in [0, 0.05) is 17.3 Å². The zero-order valence-electron chi connectivity index (χ0n) is 12.6.